The van der Waals surface area contributed by atoms with Crippen LogP contribution in [-0.4, -0.2) is 39.0 Å². The number of nitrogens with zero attached hydrogens (tertiary/aromatic N) is 3. The molecule has 0 aliphatic rings. The first-order valence-electron chi connectivity index (χ1n) is 5.26. The Balaban J connectivity index is 2.74. The van der Waals surface area contributed by atoms with Gasteiger partial charge in [-0.3, -0.25) is 9.59 Å². The molecule has 2 aromatic heterocycles. The fourth-order valence-electron chi connectivity index (χ4n) is 1.61. The van der Waals surface area contributed by atoms with Gasteiger partial charge in [-0.05, 0) is 6.92 Å². The molecule has 0 spiro atoms. The van der Waals surface area contributed by atoms with Crippen molar-refractivity contribution in [2.75, 3.05) is 7.05 Å². The second-order valence-electron chi connectivity index (χ2n) is 3.75. The number of carboxylic acid groups (broad SMARTS) is 1. The van der Waals surface area contributed by atoms with E-state index in [2.05, 4.69) is 15.6 Å². The van der Waals surface area contributed by atoms with Crippen LogP contribution in [0.5, 0.6) is 0 Å². The molecule has 19 heavy (non-hydrogen) atoms. The molecule has 0 radical (unpaired) electrons. The minimum Gasteiger partial charge on any atom is -0.476 e. The Morgan fingerprint density at radius 3 is 2.74 bits per heavy atom. The number of likely N-dealkylation sites (N-methyl/N-ethyl adjacent to an activating group) is 1. The van der Waals surface area contributed by atoms with Gasteiger partial charge in [0.2, 0.25) is 5.91 Å². The standard InChI is InChI=1S/C10H10N4O5/c1-4-6-7(13-19-4)9(16)14(3-5(15)11-2)12-8(6)10(17)18/h3H2,1-2H3,(H,11,15)(H,17,18). The largest absolute Gasteiger partial charge is 0.476 e. The molecule has 2 heterocycles. The van der Waals surface area contributed by atoms with Gasteiger partial charge >= 0.3 is 5.97 Å². The first-order valence-corrected chi connectivity index (χ1v) is 5.26. The van der Waals surface area contributed by atoms with Crippen molar-refractivity contribution in [1.29, 1.82) is 0 Å². The highest BCUT2D eigenvalue weighted by Gasteiger charge is 2.22. The number of aromatic nitrogens is 3. The quantitative estimate of drug-likeness (QED) is 0.739. The summed E-state index contributed by atoms with van der Waals surface area (Å²) in [4.78, 5) is 34.4. The normalized spacial score (nSPS) is 10.6. The van der Waals surface area contributed by atoms with Gasteiger partial charge in [0.25, 0.3) is 5.56 Å². The van der Waals surface area contributed by atoms with E-state index in [0.29, 0.717) is 0 Å². The molecule has 0 aliphatic heterocycles. The van der Waals surface area contributed by atoms with Crippen LogP contribution in [-0.2, 0) is 11.3 Å². The number of carboxylic acids is 1. The predicted molar refractivity (Wildman–Crippen MR) is 61.8 cm³/mol. The second kappa shape index (κ2) is 4.52. The average Bonchev–Trinajstić information content (AvgIpc) is 2.75. The minimum atomic E-state index is -1.33. The Bertz CT molecular complexity index is 729. The molecule has 0 bridgehead atoms. The van der Waals surface area contributed by atoms with E-state index in [0.717, 1.165) is 4.68 Å². The predicted octanol–water partition coefficient (Wildman–Crippen LogP) is -0.863. The van der Waals surface area contributed by atoms with Crippen molar-refractivity contribution >= 4 is 22.8 Å². The Labute approximate surface area is 105 Å². The highest BCUT2D eigenvalue weighted by atomic mass is 16.5. The number of amides is 1. The van der Waals surface area contributed by atoms with Crippen LogP contribution in [0.25, 0.3) is 10.9 Å². The lowest BCUT2D eigenvalue weighted by atomic mass is 10.2. The average molecular weight is 266 g/mol. The molecule has 0 atom stereocenters. The number of carbonyl (C=O) groups excluding carboxylic acids is 1. The first kappa shape index (κ1) is 12.7. The minimum absolute atomic E-state index is 0.0469. The van der Waals surface area contributed by atoms with Crippen LogP contribution in [0.1, 0.15) is 16.2 Å². The Kier molecular flexibility index (Phi) is 3.03. The molecule has 0 saturated carbocycles. The summed E-state index contributed by atoms with van der Waals surface area (Å²) in [6.07, 6.45) is 0. The second-order valence-corrected chi connectivity index (χ2v) is 3.75. The van der Waals surface area contributed by atoms with Crippen molar-refractivity contribution < 1.29 is 19.2 Å². The highest BCUT2D eigenvalue weighted by molar-refractivity contribution is 6.00. The molecule has 0 aliphatic carbocycles. The molecule has 100 valence electrons. The molecule has 0 aromatic carbocycles. The number of nitrogens with one attached hydrogen (secondary N) is 1. The zero-order valence-electron chi connectivity index (χ0n) is 10.1. The van der Waals surface area contributed by atoms with Gasteiger partial charge in [-0.15, -0.1) is 0 Å². The maximum Gasteiger partial charge on any atom is 0.357 e. The number of carbonyl (C=O) groups is 2. The number of hydrogen-bond donors (Lipinski definition) is 2. The summed E-state index contributed by atoms with van der Waals surface area (Å²) in [6.45, 7) is 1.09. The number of rotatable bonds is 3. The van der Waals surface area contributed by atoms with Gasteiger partial charge in [0.1, 0.15) is 12.3 Å². The molecule has 2 N–H and O–H groups in total. The molecule has 2 aromatic rings. The first-order chi connectivity index (χ1) is 8.95. The number of aryl methyl sites for hydroxylation is 1. The van der Waals surface area contributed by atoms with Crippen LogP contribution in [0.4, 0.5) is 0 Å². The van der Waals surface area contributed by atoms with Crippen molar-refractivity contribution in [2.45, 2.75) is 13.5 Å². The van der Waals surface area contributed by atoms with Gasteiger partial charge in [0.15, 0.2) is 11.2 Å². The van der Waals surface area contributed by atoms with E-state index < -0.39 is 24.0 Å². The zero-order chi connectivity index (χ0) is 14.2. The smallest absolute Gasteiger partial charge is 0.357 e. The van der Waals surface area contributed by atoms with Crippen LogP contribution < -0.4 is 10.9 Å². The lowest BCUT2D eigenvalue weighted by Gasteiger charge is -2.04. The van der Waals surface area contributed by atoms with E-state index in [1.165, 1.54) is 14.0 Å². The molecule has 0 unspecified atom stereocenters. The molecular formula is C10H10N4O5. The van der Waals surface area contributed by atoms with E-state index in [1.807, 2.05) is 0 Å². The van der Waals surface area contributed by atoms with E-state index in [9.17, 15) is 14.4 Å². The highest BCUT2D eigenvalue weighted by Crippen LogP contribution is 2.17. The van der Waals surface area contributed by atoms with Gasteiger partial charge in [-0.1, -0.05) is 5.16 Å². The number of aromatic carboxylic acids is 1. The number of hydrogen-bond acceptors (Lipinski definition) is 6. The summed E-state index contributed by atoms with van der Waals surface area (Å²) >= 11 is 0. The summed E-state index contributed by atoms with van der Waals surface area (Å²) in [5, 5.41) is 18.6. The maximum atomic E-state index is 12.0. The molecule has 9 nitrogen and oxygen atoms in total. The van der Waals surface area contributed by atoms with E-state index in [4.69, 9.17) is 9.63 Å². The van der Waals surface area contributed by atoms with Crippen LogP contribution >= 0.6 is 0 Å². The molecule has 1 amide bonds. The van der Waals surface area contributed by atoms with Crippen LogP contribution in [0, 0.1) is 6.92 Å². The summed E-state index contributed by atoms with van der Waals surface area (Å²) in [5.74, 6) is -1.63. The lowest BCUT2D eigenvalue weighted by Crippen LogP contribution is -2.33. The lowest BCUT2D eigenvalue weighted by molar-refractivity contribution is -0.121. The third-order valence-corrected chi connectivity index (χ3v) is 2.53. The third kappa shape index (κ3) is 2.05. The van der Waals surface area contributed by atoms with Crippen molar-refractivity contribution in [1.82, 2.24) is 20.3 Å². The van der Waals surface area contributed by atoms with E-state index in [1.54, 1.807) is 0 Å². The Hall–Kier alpha value is -2.71. The van der Waals surface area contributed by atoms with E-state index in [-0.39, 0.29) is 22.4 Å². The van der Waals surface area contributed by atoms with Crippen molar-refractivity contribution in [3.05, 3.63) is 21.8 Å². The summed E-state index contributed by atoms with van der Waals surface area (Å²) < 4.78 is 5.55. The molecule has 9 heteroatoms. The van der Waals surface area contributed by atoms with Crippen molar-refractivity contribution in [3.8, 4) is 0 Å². The Morgan fingerprint density at radius 2 is 2.16 bits per heavy atom. The van der Waals surface area contributed by atoms with Crippen molar-refractivity contribution in [3.63, 3.8) is 0 Å². The third-order valence-electron chi connectivity index (χ3n) is 2.53. The van der Waals surface area contributed by atoms with E-state index >= 15 is 0 Å². The monoisotopic (exact) mass is 266 g/mol. The van der Waals surface area contributed by atoms with Crippen LogP contribution in [0.15, 0.2) is 9.32 Å². The fraction of sp³-hybridized carbons (Fsp3) is 0.300. The van der Waals surface area contributed by atoms with Crippen molar-refractivity contribution in [2.24, 2.45) is 0 Å². The zero-order valence-corrected chi connectivity index (χ0v) is 10.1. The van der Waals surface area contributed by atoms with Gasteiger partial charge in [-0.2, -0.15) is 5.10 Å². The van der Waals surface area contributed by atoms with Gasteiger partial charge in [-0.25, -0.2) is 9.48 Å². The number of fused-ring (bicyclic) bond motifs is 1. The molecule has 2 rings (SSSR count). The summed E-state index contributed by atoms with van der Waals surface area (Å²) in [5.41, 5.74) is -1.22. The topological polar surface area (TPSA) is 127 Å². The maximum absolute atomic E-state index is 12.0. The van der Waals surface area contributed by atoms with Crippen LogP contribution in [0.3, 0.4) is 0 Å². The van der Waals surface area contributed by atoms with Gasteiger partial charge in [0, 0.05) is 7.05 Å². The molecule has 0 saturated heterocycles. The summed E-state index contributed by atoms with van der Waals surface area (Å²) in [6, 6.07) is 0. The fourth-order valence-corrected chi connectivity index (χ4v) is 1.61. The molecular weight excluding hydrogens is 256 g/mol. The molecule has 0 fully saturated rings. The van der Waals surface area contributed by atoms with Crippen LogP contribution in [0.2, 0.25) is 0 Å². The van der Waals surface area contributed by atoms with Gasteiger partial charge in [0.05, 0.1) is 5.39 Å². The SMILES string of the molecule is CNC(=O)Cn1nc(C(=O)O)c2c(C)onc2c1=O. The summed E-state index contributed by atoms with van der Waals surface area (Å²) in [7, 11) is 1.39. The van der Waals surface area contributed by atoms with Gasteiger partial charge < -0.3 is 14.9 Å². The Morgan fingerprint density at radius 1 is 1.47 bits per heavy atom.